The van der Waals surface area contributed by atoms with Crippen molar-refractivity contribution in [2.24, 2.45) is 5.92 Å². The van der Waals surface area contributed by atoms with Crippen molar-refractivity contribution >= 4 is 0 Å². The highest BCUT2D eigenvalue weighted by Gasteiger charge is 2.49. The van der Waals surface area contributed by atoms with E-state index in [2.05, 4.69) is 0 Å². The van der Waals surface area contributed by atoms with Gasteiger partial charge >= 0.3 is 6.18 Å². The van der Waals surface area contributed by atoms with Gasteiger partial charge in [0, 0.05) is 18.1 Å². The SMILES string of the molecule is OC1CC2(CCC(C(F)(F)F)CC2)Oc2cc(F)ccc21. The Morgan fingerprint density at radius 3 is 2.48 bits per heavy atom. The van der Waals surface area contributed by atoms with Crippen LogP contribution in [-0.4, -0.2) is 16.9 Å². The van der Waals surface area contributed by atoms with Crippen LogP contribution in [-0.2, 0) is 0 Å². The Morgan fingerprint density at radius 2 is 1.86 bits per heavy atom. The summed E-state index contributed by atoms with van der Waals surface area (Å²) < 4.78 is 57.3. The third kappa shape index (κ3) is 2.73. The van der Waals surface area contributed by atoms with Gasteiger partial charge in [0.25, 0.3) is 0 Å². The van der Waals surface area contributed by atoms with Gasteiger partial charge in [-0.1, -0.05) is 0 Å². The predicted octanol–water partition coefficient (Wildman–Crippen LogP) is 4.13. The zero-order chi connectivity index (χ0) is 15.3. The molecule has 1 N–H and O–H groups in total. The summed E-state index contributed by atoms with van der Waals surface area (Å²) in [5, 5.41) is 10.2. The van der Waals surface area contributed by atoms with E-state index in [1.165, 1.54) is 18.2 Å². The predicted molar refractivity (Wildman–Crippen MR) is 67.3 cm³/mol. The minimum atomic E-state index is -4.18. The Balaban J connectivity index is 1.80. The van der Waals surface area contributed by atoms with Crippen LogP contribution in [0.1, 0.15) is 43.8 Å². The molecule has 0 radical (unpaired) electrons. The second-order valence-corrected chi connectivity index (χ2v) is 6.00. The molecule has 1 heterocycles. The van der Waals surface area contributed by atoms with Gasteiger partial charge < -0.3 is 9.84 Å². The number of rotatable bonds is 0. The van der Waals surface area contributed by atoms with Gasteiger partial charge in [-0.3, -0.25) is 0 Å². The van der Waals surface area contributed by atoms with E-state index in [4.69, 9.17) is 4.74 Å². The summed E-state index contributed by atoms with van der Waals surface area (Å²) in [4.78, 5) is 0. The van der Waals surface area contributed by atoms with Crippen LogP contribution in [0.15, 0.2) is 18.2 Å². The molecule has 0 amide bonds. The van der Waals surface area contributed by atoms with Crippen LogP contribution in [0.5, 0.6) is 5.75 Å². The molecule has 1 saturated carbocycles. The van der Waals surface area contributed by atoms with E-state index in [9.17, 15) is 22.7 Å². The molecule has 1 atom stereocenters. The van der Waals surface area contributed by atoms with E-state index < -0.39 is 29.6 Å². The molecule has 2 nitrogen and oxygen atoms in total. The first-order valence-electron chi connectivity index (χ1n) is 7.02. The maximum atomic E-state index is 13.3. The normalized spacial score (nSPS) is 32.6. The summed E-state index contributed by atoms with van der Waals surface area (Å²) in [6.07, 6.45) is -4.32. The molecule has 1 spiro atoms. The average molecular weight is 304 g/mol. The quantitative estimate of drug-likeness (QED) is 0.730. The molecule has 1 aromatic carbocycles. The number of ether oxygens (including phenoxy) is 1. The van der Waals surface area contributed by atoms with Crippen molar-refractivity contribution in [1.82, 2.24) is 0 Å². The second-order valence-electron chi connectivity index (χ2n) is 6.00. The van der Waals surface area contributed by atoms with E-state index in [-0.39, 0.29) is 37.9 Å². The van der Waals surface area contributed by atoms with Crippen LogP contribution in [0.3, 0.4) is 0 Å². The molecule has 21 heavy (non-hydrogen) atoms. The lowest BCUT2D eigenvalue weighted by Gasteiger charge is -2.45. The minimum absolute atomic E-state index is 0.0130. The number of fused-ring (bicyclic) bond motifs is 1. The summed E-state index contributed by atoms with van der Waals surface area (Å²) in [5.41, 5.74) is -0.304. The van der Waals surface area contributed by atoms with Gasteiger partial charge in [-0.15, -0.1) is 0 Å². The number of halogens is 4. The number of benzene rings is 1. The van der Waals surface area contributed by atoms with Gasteiger partial charge in [-0.05, 0) is 37.8 Å². The van der Waals surface area contributed by atoms with Crippen LogP contribution >= 0.6 is 0 Å². The third-order valence-electron chi connectivity index (χ3n) is 4.59. The van der Waals surface area contributed by atoms with Crippen molar-refractivity contribution in [3.63, 3.8) is 0 Å². The Bertz CT molecular complexity index is 533. The van der Waals surface area contributed by atoms with Crippen molar-refractivity contribution in [2.45, 2.75) is 50.0 Å². The van der Waals surface area contributed by atoms with Crippen molar-refractivity contribution in [1.29, 1.82) is 0 Å². The van der Waals surface area contributed by atoms with Crippen molar-refractivity contribution < 1.29 is 27.4 Å². The van der Waals surface area contributed by atoms with Crippen LogP contribution in [0.2, 0.25) is 0 Å². The topological polar surface area (TPSA) is 29.5 Å². The molecule has 1 unspecified atom stereocenters. The van der Waals surface area contributed by atoms with Gasteiger partial charge in [0.2, 0.25) is 0 Å². The molecule has 0 aromatic heterocycles. The lowest BCUT2D eigenvalue weighted by molar-refractivity contribution is -0.193. The molecule has 1 aliphatic heterocycles. The first-order chi connectivity index (χ1) is 9.79. The number of aliphatic hydroxyl groups is 1. The lowest BCUT2D eigenvalue weighted by Crippen LogP contribution is -2.46. The van der Waals surface area contributed by atoms with E-state index in [0.29, 0.717) is 5.56 Å². The van der Waals surface area contributed by atoms with Gasteiger partial charge in [-0.2, -0.15) is 13.2 Å². The highest BCUT2D eigenvalue weighted by Crippen LogP contribution is 2.49. The maximum Gasteiger partial charge on any atom is 0.391 e. The molecular formula is C15H16F4O2. The van der Waals surface area contributed by atoms with Crippen molar-refractivity contribution in [2.75, 3.05) is 0 Å². The molecule has 116 valence electrons. The summed E-state index contributed by atoms with van der Waals surface area (Å²) in [5.74, 6) is -1.54. The fraction of sp³-hybridized carbons (Fsp3) is 0.600. The van der Waals surface area contributed by atoms with Gasteiger partial charge in [0.1, 0.15) is 17.2 Å². The minimum Gasteiger partial charge on any atom is -0.487 e. The first-order valence-corrected chi connectivity index (χ1v) is 7.02. The van der Waals surface area contributed by atoms with E-state index in [1.807, 2.05) is 0 Å². The Labute approximate surface area is 119 Å². The lowest BCUT2D eigenvalue weighted by atomic mass is 9.74. The molecule has 1 aliphatic carbocycles. The summed E-state index contributed by atoms with van der Waals surface area (Å²) in [7, 11) is 0. The third-order valence-corrected chi connectivity index (χ3v) is 4.59. The zero-order valence-corrected chi connectivity index (χ0v) is 11.3. The van der Waals surface area contributed by atoms with Crippen molar-refractivity contribution in [3.05, 3.63) is 29.6 Å². The number of alkyl halides is 3. The molecule has 0 saturated heterocycles. The molecule has 1 aromatic rings. The van der Waals surface area contributed by atoms with Gasteiger partial charge in [0.05, 0.1) is 12.0 Å². The van der Waals surface area contributed by atoms with Gasteiger partial charge in [-0.25, -0.2) is 4.39 Å². The fourth-order valence-electron chi connectivity index (χ4n) is 3.39. The molecule has 3 rings (SSSR count). The summed E-state index contributed by atoms with van der Waals surface area (Å²) in [6.45, 7) is 0. The first kappa shape index (κ1) is 14.6. The average Bonchev–Trinajstić information content (AvgIpc) is 2.37. The Morgan fingerprint density at radius 1 is 1.19 bits per heavy atom. The van der Waals surface area contributed by atoms with E-state index in [0.717, 1.165) is 0 Å². The molecule has 6 heteroatoms. The maximum absolute atomic E-state index is 13.3. The number of hydrogen-bond acceptors (Lipinski definition) is 2. The zero-order valence-electron chi connectivity index (χ0n) is 11.3. The van der Waals surface area contributed by atoms with E-state index >= 15 is 0 Å². The van der Waals surface area contributed by atoms with E-state index in [1.54, 1.807) is 0 Å². The molecule has 0 bridgehead atoms. The largest absolute Gasteiger partial charge is 0.487 e. The van der Waals surface area contributed by atoms with Gasteiger partial charge in [0.15, 0.2) is 0 Å². The highest BCUT2D eigenvalue weighted by atomic mass is 19.4. The van der Waals surface area contributed by atoms with Crippen LogP contribution in [0.4, 0.5) is 17.6 Å². The standard InChI is InChI=1S/C15H16F4O2/c16-10-1-2-11-12(20)8-14(21-13(11)7-10)5-3-9(4-6-14)15(17,18)19/h1-2,7,9,12,20H,3-6,8H2. The van der Waals surface area contributed by atoms with Crippen LogP contribution < -0.4 is 4.74 Å². The van der Waals surface area contributed by atoms with Crippen LogP contribution in [0.25, 0.3) is 0 Å². The Hall–Kier alpha value is -1.30. The summed E-state index contributed by atoms with van der Waals surface area (Å²) >= 11 is 0. The second kappa shape index (κ2) is 4.87. The molecular weight excluding hydrogens is 288 g/mol. The number of aliphatic hydroxyl groups excluding tert-OH is 1. The molecule has 1 fully saturated rings. The molecule has 2 aliphatic rings. The monoisotopic (exact) mass is 304 g/mol. The number of hydrogen-bond donors (Lipinski definition) is 1. The summed E-state index contributed by atoms with van der Waals surface area (Å²) in [6, 6.07) is 3.89. The van der Waals surface area contributed by atoms with Crippen LogP contribution in [0, 0.1) is 11.7 Å². The fourth-order valence-corrected chi connectivity index (χ4v) is 3.39. The van der Waals surface area contributed by atoms with Crippen molar-refractivity contribution in [3.8, 4) is 5.75 Å². The smallest absolute Gasteiger partial charge is 0.391 e. The Kier molecular flexibility index (Phi) is 3.39. The highest BCUT2D eigenvalue weighted by molar-refractivity contribution is 5.38.